The molecule has 0 aromatic carbocycles. The van der Waals surface area contributed by atoms with E-state index in [9.17, 15) is 9.59 Å². The number of carbonyl (C=O) groups is 2. The summed E-state index contributed by atoms with van der Waals surface area (Å²) >= 11 is 4.79. The molecular formula is C6H9ClO6. The molecule has 0 radical (unpaired) electrons. The van der Waals surface area contributed by atoms with Crippen LogP contribution in [0.1, 0.15) is 0 Å². The fourth-order valence-corrected chi connectivity index (χ4v) is 0.733. The van der Waals surface area contributed by atoms with Crippen molar-refractivity contribution in [2.45, 2.75) is 24.4 Å². The van der Waals surface area contributed by atoms with Crippen LogP contribution in [-0.4, -0.2) is 56.4 Å². The van der Waals surface area contributed by atoms with Crippen LogP contribution in [-0.2, 0) is 9.59 Å². The lowest BCUT2D eigenvalue weighted by molar-refractivity contribution is -0.143. The van der Waals surface area contributed by atoms with Gasteiger partial charge in [-0.1, -0.05) is 0 Å². The van der Waals surface area contributed by atoms with Gasteiger partial charge in [-0.3, -0.25) is 4.79 Å². The molecule has 0 saturated heterocycles. The highest BCUT2D eigenvalue weighted by atomic mass is 35.5. The highest BCUT2D eigenvalue weighted by Crippen LogP contribution is 2.06. The molecule has 0 aliphatic rings. The van der Waals surface area contributed by atoms with E-state index in [1.807, 2.05) is 0 Å². The Morgan fingerprint density at radius 2 is 1.62 bits per heavy atom. The summed E-state index contributed by atoms with van der Waals surface area (Å²) in [4.78, 5) is 20.2. The average molecular weight is 213 g/mol. The second kappa shape index (κ2) is 5.25. The summed E-state index contributed by atoms with van der Waals surface area (Å²) in [7, 11) is 0. The molecule has 0 unspecified atom stereocenters. The topological polar surface area (TPSA) is 115 Å². The van der Waals surface area contributed by atoms with E-state index in [1.165, 1.54) is 0 Å². The predicted octanol–water partition coefficient (Wildman–Crippen LogP) is -2.61. The Kier molecular flexibility index (Phi) is 5.04. The number of halogens is 1. The van der Waals surface area contributed by atoms with Crippen molar-refractivity contribution in [3.63, 3.8) is 0 Å². The zero-order valence-electron chi connectivity index (χ0n) is 6.37. The first kappa shape index (κ1) is 12.5. The standard InChI is InChI=1S/C6H9ClO6/c7-6(13)5(12)4(11)3(10)2(9)1-8/h1-5,9-12H/t2-,3+,4-,5-/m0/s1. The third-order valence-electron chi connectivity index (χ3n) is 1.40. The molecule has 0 aliphatic heterocycles. The molecule has 0 aromatic rings. The van der Waals surface area contributed by atoms with E-state index in [0.717, 1.165) is 0 Å². The van der Waals surface area contributed by atoms with Crippen LogP contribution in [0.3, 0.4) is 0 Å². The maximum Gasteiger partial charge on any atom is 0.253 e. The molecular weight excluding hydrogens is 204 g/mol. The van der Waals surface area contributed by atoms with Crippen molar-refractivity contribution < 1.29 is 30.0 Å². The van der Waals surface area contributed by atoms with Crippen LogP contribution in [0.5, 0.6) is 0 Å². The molecule has 0 fully saturated rings. The second-order valence-electron chi connectivity index (χ2n) is 2.36. The average Bonchev–Trinajstić information content (AvgIpc) is 2.12. The zero-order chi connectivity index (χ0) is 10.6. The van der Waals surface area contributed by atoms with Gasteiger partial charge >= 0.3 is 0 Å². The number of aliphatic hydroxyl groups excluding tert-OH is 4. The molecule has 0 bridgehead atoms. The Morgan fingerprint density at radius 3 is 1.92 bits per heavy atom. The van der Waals surface area contributed by atoms with E-state index in [2.05, 4.69) is 0 Å². The van der Waals surface area contributed by atoms with Gasteiger partial charge in [-0.05, 0) is 11.6 Å². The number of hydrogen-bond donors (Lipinski definition) is 4. The minimum Gasteiger partial charge on any atom is -0.387 e. The van der Waals surface area contributed by atoms with Crippen LogP contribution in [0.25, 0.3) is 0 Å². The Bertz CT molecular complexity index is 196. The molecule has 76 valence electrons. The summed E-state index contributed by atoms with van der Waals surface area (Å²) in [5.74, 6) is 0. The Labute approximate surface area is 78.4 Å². The molecule has 13 heavy (non-hydrogen) atoms. The highest BCUT2D eigenvalue weighted by Gasteiger charge is 2.33. The first-order valence-corrected chi connectivity index (χ1v) is 3.66. The van der Waals surface area contributed by atoms with E-state index in [4.69, 9.17) is 32.0 Å². The van der Waals surface area contributed by atoms with Crippen LogP contribution in [0.4, 0.5) is 0 Å². The summed E-state index contributed by atoms with van der Waals surface area (Å²) in [5, 5.41) is 34.0. The van der Waals surface area contributed by atoms with Crippen LogP contribution >= 0.6 is 11.6 Å². The Balaban J connectivity index is 4.32. The minimum atomic E-state index is -2.04. The first-order chi connectivity index (χ1) is 5.91. The molecule has 4 N–H and O–H groups in total. The van der Waals surface area contributed by atoms with Crippen LogP contribution in [0.15, 0.2) is 0 Å². The van der Waals surface area contributed by atoms with Crippen LogP contribution < -0.4 is 0 Å². The highest BCUT2D eigenvalue weighted by molar-refractivity contribution is 6.64. The Hall–Kier alpha value is -0.530. The third-order valence-corrected chi connectivity index (χ3v) is 1.62. The summed E-state index contributed by atoms with van der Waals surface area (Å²) < 4.78 is 0. The largest absolute Gasteiger partial charge is 0.387 e. The minimum absolute atomic E-state index is 0.0423. The van der Waals surface area contributed by atoms with Gasteiger partial charge in [0.1, 0.15) is 18.3 Å². The van der Waals surface area contributed by atoms with E-state index >= 15 is 0 Å². The van der Waals surface area contributed by atoms with Crippen molar-refractivity contribution in [1.29, 1.82) is 0 Å². The lowest BCUT2D eigenvalue weighted by atomic mass is 10.0. The van der Waals surface area contributed by atoms with Crippen molar-refractivity contribution in [1.82, 2.24) is 0 Å². The molecule has 0 aromatic heterocycles. The van der Waals surface area contributed by atoms with Crippen LogP contribution in [0.2, 0.25) is 0 Å². The summed E-state index contributed by atoms with van der Waals surface area (Å²) in [6, 6.07) is 0. The number of aliphatic hydroxyl groups is 4. The summed E-state index contributed by atoms with van der Waals surface area (Å²) in [6.45, 7) is 0. The fourth-order valence-electron chi connectivity index (χ4n) is 0.604. The second-order valence-corrected chi connectivity index (χ2v) is 2.73. The van der Waals surface area contributed by atoms with Gasteiger partial charge in [-0.2, -0.15) is 0 Å². The van der Waals surface area contributed by atoms with Crippen molar-refractivity contribution in [2.75, 3.05) is 0 Å². The van der Waals surface area contributed by atoms with E-state index in [1.54, 1.807) is 0 Å². The molecule has 0 heterocycles. The fraction of sp³-hybridized carbons (Fsp3) is 0.667. The smallest absolute Gasteiger partial charge is 0.253 e. The number of hydrogen-bond acceptors (Lipinski definition) is 6. The number of carbonyl (C=O) groups excluding carboxylic acids is 2. The SMILES string of the molecule is O=C[C@H](O)[C@@H](O)[C@H](O)[C@H](O)C(=O)Cl. The zero-order valence-corrected chi connectivity index (χ0v) is 7.13. The van der Waals surface area contributed by atoms with Crippen molar-refractivity contribution in [2.24, 2.45) is 0 Å². The van der Waals surface area contributed by atoms with Gasteiger partial charge in [0, 0.05) is 0 Å². The first-order valence-electron chi connectivity index (χ1n) is 3.28. The molecule has 4 atom stereocenters. The van der Waals surface area contributed by atoms with Gasteiger partial charge in [0.25, 0.3) is 5.24 Å². The molecule has 0 aliphatic carbocycles. The molecule has 6 nitrogen and oxygen atoms in total. The van der Waals surface area contributed by atoms with Crippen molar-refractivity contribution >= 4 is 23.1 Å². The molecule has 7 heteroatoms. The van der Waals surface area contributed by atoms with Crippen molar-refractivity contribution in [3.8, 4) is 0 Å². The maximum absolute atomic E-state index is 10.3. The number of aldehydes is 1. The van der Waals surface area contributed by atoms with E-state index < -0.39 is 29.7 Å². The Morgan fingerprint density at radius 1 is 1.15 bits per heavy atom. The lowest BCUT2D eigenvalue weighted by Crippen LogP contribution is -2.47. The molecule has 0 saturated carbocycles. The molecule has 0 amide bonds. The molecule has 0 spiro atoms. The van der Waals surface area contributed by atoms with Crippen LogP contribution in [0, 0.1) is 0 Å². The van der Waals surface area contributed by atoms with Gasteiger partial charge in [-0.15, -0.1) is 0 Å². The van der Waals surface area contributed by atoms with Gasteiger partial charge in [0.15, 0.2) is 12.4 Å². The maximum atomic E-state index is 10.3. The summed E-state index contributed by atoms with van der Waals surface area (Å²) in [5.41, 5.74) is 0. The number of rotatable bonds is 5. The normalized spacial score (nSPS) is 20.1. The monoisotopic (exact) mass is 212 g/mol. The van der Waals surface area contributed by atoms with Gasteiger partial charge in [0.05, 0.1) is 0 Å². The van der Waals surface area contributed by atoms with E-state index in [0.29, 0.717) is 0 Å². The third kappa shape index (κ3) is 3.37. The van der Waals surface area contributed by atoms with Crippen molar-refractivity contribution in [3.05, 3.63) is 0 Å². The van der Waals surface area contributed by atoms with Gasteiger partial charge in [-0.25, -0.2) is 0 Å². The van der Waals surface area contributed by atoms with Gasteiger partial charge < -0.3 is 25.2 Å². The van der Waals surface area contributed by atoms with E-state index in [-0.39, 0.29) is 6.29 Å². The predicted molar refractivity (Wildman–Crippen MR) is 41.0 cm³/mol. The molecule has 0 rings (SSSR count). The van der Waals surface area contributed by atoms with Gasteiger partial charge in [0.2, 0.25) is 0 Å². The lowest BCUT2D eigenvalue weighted by Gasteiger charge is -2.21. The quantitative estimate of drug-likeness (QED) is 0.293. The summed E-state index contributed by atoms with van der Waals surface area (Å²) in [6.07, 6.45) is -7.90.